The third kappa shape index (κ3) is 7.61. The van der Waals surface area contributed by atoms with Gasteiger partial charge in [0.25, 0.3) is 5.56 Å². The van der Waals surface area contributed by atoms with Crippen LogP contribution >= 0.6 is 11.3 Å². The Morgan fingerprint density at radius 3 is 2.37 bits per heavy atom. The van der Waals surface area contributed by atoms with Crippen LogP contribution in [0.5, 0.6) is 17.2 Å². The Kier molecular flexibility index (Phi) is 10.0. The predicted molar refractivity (Wildman–Crippen MR) is 203 cm³/mol. The van der Waals surface area contributed by atoms with Crippen LogP contribution in [0.15, 0.2) is 108 Å². The van der Waals surface area contributed by atoms with E-state index in [2.05, 4.69) is 23.1 Å². The van der Waals surface area contributed by atoms with E-state index in [1.165, 1.54) is 15.9 Å². The number of unbranched alkanes of at least 4 members (excludes halogenated alkanes) is 1. The van der Waals surface area contributed by atoms with Crippen molar-refractivity contribution in [2.45, 2.75) is 33.3 Å². The summed E-state index contributed by atoms with van der Waals surface area (Å²) in [6.45, 7) is 5.28. The molecular weight excluding hydrogens is 659 g/mol. The molecule has 3 heterocycles. The second-order valence-corrected chi connectivity index (χ2v) is 13.0. The fourth-order valence-corrected chi connectivity index (χ4v) is 6.49. The van der Waals surface area contributed by atoms with Crippen LogP contribution in [-0.2, 0) is 6.61 Å². The molecule has 0 N–H and O–H groups in total. The maximum absolute atomic E-state index is 13.6. The molecule has 0 saturated carbocycles. The lowest BCUT2D eigenvalue weighted by molar-refractivity contribution is 0.288. The Bertz CT molecular complexity index is 2420. The van der Waals surface area contributed by atoms with Crippen LogP contribution in [-0.4, -0.2) is 38.1 Å². The quantitative estimate of drug-likeness (QED) is 0.114. The summed E-state index contributed by atoms with van der Waals surface area (Å²) in [4.78, 5) is 18.7. The molecule has 0 atom stereocenters. The molecule has 0 bridgehead atoms. The van der Waals surface area contributed by atoms with Crippen LogP contribution in [0.1, 0.15) is 47.8 Å². The zero-order valence-electron chi connectivity index (χ0n) is 28.7. The van der Waals surface area contributed by atoms with Gasteiger partial charge in [0, 0.05) is 17.3 Å². The van der Waals surface area contributed by atoms with Gasteiger partial charge in [-0.25, -0.2) is 4.68 Å². The summed E-state index contributed by atoms with van der Waals surface area (Å²) in [5.74, 6) is 2.61. The van der Waals surface area contributed by atoms with Crippen molar-refractivity contribution in [3.8, 4) is 34.2 Å². The standard InChI is InChI=1S/C41H37N5O4S/c1-4-5-22-49-35-19-16-29(24-36(35)48-3)17-21-38-42-41-46(43-38)40(47)37(51-41)25-32-26-45(33-14-10-7-11-15-33)44-39(32)31-18-20-34(28(2)23-31)50-27-30-12-8-6-9-13-30/h6-21,23-26H,4-5,22,27H2,1-3H3/b21-17+,37-25-. The Hall–Kier alpha value is -6.00. The summed E-state index contributed by atoms with van der Waals surface area (Å²) < 4.78 is 21.2. The van der Waals surface area contributed by atoms with Crippen molar-refractivity contribution in [1.82, 2.24) is 24.4 Å². The van der Waals surface area contributed by atoms with E-state index in [4.69, 9.17) is 19.3 Å². The summed E-state index contributed by atoms with van der Waals surface area (Å²) in [5.41, 5.74) is 6.13. The first-order valence-electron chi connectivity index (χ1n) is 16.8. The molecule has 0 fully saturated rings. The van der Waals surface area contributed by atoms with Gasteiger partial charge in [-0.05, 0) is 84.7 Å². The third-order valence-corrected chi connectivity index (χ3v) is 9.26. The normalized spacial score (nSPS) is 11.9. The van der Waals surface area contributed by atoms with Crippen molar-refractivity contribution in [3.63, 3.8) is 0 Å². The number of aryl methyl sites for hydroxylation is 1. The predicted octanol–water partition coefficient (Wildman–Crippen LogP) is 7.80. The van der Waals surface area contributed by atoms with Gasteiger partial charge in [-0.15, -0.1) is 5.10 Å². The van der Waals surface area contributed by atoms with Crippen LogP contribution < -0.4 is 24.3 Å². The van der Waals surface area contributed by atoms with Crippen LogP contribution in [0.2, 0.25) is 0 Å². The molecule has 256 valence electrons. The minimum atomic E-state index is -0.239. The smallest absolute Gasteiger partial charge is 0.291 e. The monoisotopic (exact) mass is 695 g/mol. The zero-order chi connectivity index (χ0) is 35.2. The molecule has 0 aliphatic heterocycles. The molecule has 0 amide bonds. The van der Waals surface area contributed by atoms with E-state index >= 15 is 0 Å². The van der Waals surface area contributed by atoms with E-state index in [9.17, 15) is 4.79 Å². The number of hydrogen-bond acceptors (Lipinski definition) is 8. The minimum Gasteiger partial charge on any atom is -0.493 e. The number of rotatable bonds is 13. The first-order valence-corrected chi connectivity index (χ1v) is 17.6. The molecule has 51 heavy (non-hydrogen) atoms. The third-order valence-electron chi connectivity index (χ3n) is 8.30. The Labute approximate surface area is 299 Å². The summed E-state index contributed by atoms with van der Waals surface area (Å²) in [6.07, 6.45) is 9.52. The molecule has 7 aromatic rings. The number of hydrogen-bond donors (Lipinski definition) is 0. The highest BCUT2D eigenvalue weighted by molar-refractivity contribution is 7.15. The molecule has 4 aromatic carbocycles. The molecular formula is C41H37N5O4S. The summed E-state index contributed by atoms with van der Waals surface area (Å²) in [5, 5.41) is 9.47. The molecule has 0 saturated heterocycles. The van der Waals surface area contributed by atoms with E-state index in [-0.39, 0.29) is 5.56 Å². The van der Waals surface area contributed by atoms with Gasteiger partial charge in [0.1, 0.15) is 18.1 Å². The number of thiazole rings is 1. The van der Waals surface area contributed by atoms with Crippen molar-refractivity contribution in [2.24, 2.45) is 0 Å². The van der Waals surface area contributed by atoms with Gasteiger partial charge in [0.2, 0.25) is 4.96 Å². The fourth-order valence-electron chi connectivity index (χ4n) is 5.59. The molecule has 0 aliphatic rings. The van der Waals surface area contributed by atoms with Gasteiger partial charge < -0.3 is 14.2 Å². The molecule has 9 nitrogen and oxygen atoms in total. The Morgan fingerprint density at radius 2 is 1.63 bits per heavy atom. The molecule has 3 aromatic heterocycles. The molecule has 0 unspecified atom stereocenters. The van der Waals surface area contributed by atoms with Gasteiger partial charge in [-0.3, -0.25) is 4.79 Å². The lowest BCUT2D eigenvalue weighted by atomic mass is 10.0. The van der Waals surface area contributed by atoms with E-state index in [1.807, 2.05) is 121 Å². The first-order chi connectivity index (χ1) is 25.0. The van der Waals surface area contributed by atoms with Crippen LogP contribution in [0.4, 0.5) is 0 Å². The van der Waals surface area contributed by atoms with Crippen molar-refractivity contribution in [3.05, 3.63) is 146 Å². The second-order valence-electron chi connectivity index (χ2n) is 12.0. The first kappa shape index (κ1) is 33.5. The summed E-state index contributed by atoms with van der Waals surface area (Å²) >= 11 is 1.29. The fraction of sp³-hybridized carbons (Fsp3) is 0.171. The van der Waals surface area contributed by atoms with Gasteiger partial charge in [-0.1, -0.05) is 85.4 Å². The summed E-state index contributed by atoms with van der Waals surface area (Å²) in [6, 6.07) is 31.8. The van der Waals surface area contributed by atoms with E-state index in [0.717, 1.165) is 57.8 Å². The zero-order valence-corrected chi connectivity index (χ0v) is 29.5. The molecule has 7 rings (SSSR count). The lowest BCUT2D eigenvalue weighted by Gasteiger charge is -2.10. The molecule has 0 radical (unpaired) electrons. The van der Waals surface area contributed by atoms with Crippen LogP contribution in [0, 0.1) is 6.92 Å². The highest BCUT2D eigenvalue weighted by Gasteiger charge is 2.15. The average molecular weight is 696 g/mol. The van der Waals surface area contributed by atoms with Gasteiger partial charge >= 0.3 is 0 Å². The number of para-hydroxylation sites is 1. The number of aromatic nitrogens is 5. The molecule has 10 heteroatoms. The number of fused-ring (bicyclic) bond motifs is 1. The number of ether oxygens (including phenoxy) is 3. The SMILES string of the molecule is CCCCOc1ccc(/C=C/c2nc3s/c(=C\c4cn(-c5ccccc5)nc4-c4ccc(OCc5ccccc5)c(C)c4)c(=O)n3n2)cc1OC. The van der Waals surface area contributed by atoms with Crippen LogP contribution in [0.25, 0.3) is 40.1 Å². The van der Waals surface area contributed by atoms with Crippen molar-refractivity contribution in [1.29, 1.82) is 0 Å². The topological polar surface area (TPSA) is 92.8 Å². The van der Waals surface area contributed by atoms with E-state index in [0.29, 0.717) is 40.0 Å². The molecule has 0 spiro atoms. The van der Waals surface area contributed by atoms with Crippen molar-refractivity contribution < 1.29 is 14.2 Å². The second kappa shape index (κ2) is 15.3. The highest BCUT2D eigenvalue weighted by atomic mass is 32.1. The Balaban J connectivity index is 1.17. The number of nitrogens with zero attached hydrogens (tertiary/aromatic N) is 5. The Morgan fingerprint density at radius 1 is 0.843 bits per heavy atom. The van der Waals surface area contributed by atoms with Crippen molar-refractivity contribution in [2.75, 3.05) is 13.7 Å². The average Bonchev–Trinajstić information content (AvgIpc) is 3.85. The lowest BCUT2D eigenvalue weighted by Crippen LogP contribution is -2.23. The van der Waals surface area contributed by atoms with Crippen LogP contribution in [0.3, 0.4) is 0 Å². The largest absolute Gasteiger partial charge is 0.493 e. The maximum Gasteiger partial charge on any atom is 0.291 e. The maximum atomic E-state index is 13.6. The summed E-state index contributed by atoms with van der Waals surface area (Å²) in [7, 11) is 1.63. The molecule has 0 aliphatic carbocycles. The number of benzene rings is 4. The highest BCUT2D eigenvalue weighted by Crippen LogP contribution is 2.31. The number of methoxy groups -OCH3 is 1. The van der Waals surface area contributed by atoms with E-state index in [1.54, 1.807) is 13.2 Å². The van der Waals surface area contributed by atoms with Crippen molar-refractivity contribution >= 4 is 34.5 Å². The minimum absolute atomic E-state index is 0.239. The van der Waals surface area contributed by atoms with E-state index < -0.39 is 0 Å². The van der Waals surface area contributed by atoms with Gasteiger partial charge in [-0.2, -0.15) is 14.6 Å². The van der Waals surface area contributed by atoms with Gasteiger partial charge in [0.05, 0.1) is 23.9 Å². The van der Waals surface area contributed by atoms with Gasteiger partial charge in [0.15, 0.2) is 17.3 Å².